The van der Waals surface area contributed by atoms with Gasteiger partial charge in [-0.05, 0) is 42.0 Å². The summed E-state index contributed by atoms with van der Waals surface area (Å²) in [5.74, 6) is 0.384. The number of hydrogen-bond donors (Lipinski definition) is 1. The average Bonchev–Trinajstić information content (AvgIpc) is 2.73. The monoisotopic (exact) mass is 235 g/mol. The van der Waals surface area contributed by atoms with Crippen molar-refractivity contribution in [2.24, 2.45) is 0 Å². The van der Waals surface area contributed by atoms with Gasteiger partial charge in [0.25, 0.3) is 5.91 Å². The molecule has 0 bridgehead atoms. The highest BCUT2D eigenvalue weighted by molar-refractivity contribution is 5.93. The quantitative estimate of drug-likeness (QED) is 0.800. The maximum Gasteiger partial charge on any atom is 0.274 e. The molecule has 1 N–H and O–H groups in total. The molecule has 1 aromatic carbocycles. The van der Waals surface area contributed by atoms with E-state index in [1.54, 1.807) is 0 Å². The molecule has 1 atom stereocenters. The predicted octanol–water partition coefficient (Wildman–Crippen LogP) is 3.05. The largest absolute Gasteiger partial charge is 0.277 e. The lowest BCUT2D eigenvalue weighted by atomic mass is 10.0. The van der Waals surface area contributed by atoms with E-state index >= 15 is 0 Å². The molecule has 0 saturated heterocycles. The van der Waals surface area contributed by atoms with Crippen molar-refractivity contribution < 1.29 is 9.63 Å². The fourth-order valence-corrected chi connectivity index (χ4v) is 2.10. The summed E-state index contributed by atoms with van der Waals surface area (Å²) in [5, 5.41) is 0. The number of amides is 1. The molecule has 0 radical (unpaired) electrons. The highest BCUT2D eigenvalue weighted by Crippen LogP contribution is 2.32. The van der Waals surface area contributed by atoms with Crippen molar-refractivity contribution in [3.63, 3.8) is 0 Å². The molecule has 0 aromatic heterocycles. The summed E-state index contributed by atoms with van der Waals surface area (Å²) in [6.07, 6.45) is 2.31. The van der Waals surface area contributed by atoms with Crippen LogP contribution < -0.4 is 5.48 Å². The van der Waals surface area contributed by atoms with Crippen LogP contribution in [-0.4, -0.2) is 13.0 Å². The van der Waals surface area contributed by atoms with Crippen LogP contribution in [0.25, 0.3) is 0 Å². The lowest BCUT2D eigenvalue weighted by Gasteiger charge is -2.07. The summed E-state index contributed by atoms with van der Waals surface area (Å²) in [6, 6.07) is 5.87. The number of carbonyl (C=O) groups is 1. The topological polar surface area (TPSA) is 38.3 Å². The van der Waals surface area contributed by atoms with Gasteiger partial charge in [-0.2, -0.15) is 0 Å². The maximum absolute atomic E-state index is 11.5. The second-order valence-electron chi connectivity index (χ2n) is 3.99. The van der Waals surface area contributed by atoms with Gasteiger partial charge in [0.1, 0.15) is 0 Å². The third-order valence-electron chi connectivity index (χ3n) is 2.98. The van der Waals surface area contributed by atoms with Crippen LogP contribution in [0.5, 0.6) is 0 Å². The van der Waals surface area contributed by atoms with Crippen molar-refractivity contribution >= 4 is 5.91 Å². The van der Waals surface area contributed by atoms with Crippen LogP contribution in [0.15, 0.2) is 18.2 Å². The van der Waals surface area contributed by atoms with Gasteiger partial charge in [-0.3, -0.25) is 9.63 Å². The smallest absolute Gasteiger partial charge is 0.274 e. The van der Waals surface area contributed by atoms with Crippen molar-refractivity contribution in [3.8, 4) is 0 Å². The summed E-state index contributed by atoms with van der Waals surface area (Å²) in [7, 11) is 1.44. The van der Waals surface area contributed by atoms with Gasteiger partial charge in [0.15, 0.2) is 0 Å². The zero-order valence-corrected chi connectivity index (χ0v) is 11.0. The van der Waals surface area contributed by atoms with Gasteiger partial charge in [-0.15, -0.1) is 0 Å². The minimum Gasteiger partial charge on any atom is -0.277 e. The standard InChI is InChI=1S/C12H15NO2.C2H6/c1-8-3-4-9-5-6-10(7-11(8)9)12(14)13-15-2;1-2/h5-8H,3-4H2,1-2H3,(H,13,14);1-2H3. The number of rotatable bonds is 2. The Labute approximate surface area is 103 Å². The Kier molecular flexibility index (Phi) is 5.16. The van der Waals surface area contributed by atoms with Crippen LogP contribution in [0.3, 0.4) is 0 Å². The van der Waals surface area contributed by atoms with Crippen LogP contribution >= 0.6 is 0 Å². The predicted molar refractivity (Wildman–Crippen MR) is 69.0 cm³/mol. The number of hydroxylamine groups is 1. The Bertz CT molecular complexity index is 388. The molecule has 2 rings (SSSR count). The van der Waals surface area contributed by atoms with Gasteiger partial charge in [0.05, 0.1) is 7.11 Å². The number of aryl methyl sites for hydroxylation is 1. The van der Waals surface area contributed by atoms with Crippen LogP contribution in [0.4, 0.5) is 0 Å². The summed E-state index contributed by atoms with van der Waals surface area (Å²) in [4.78, 5) is 16.1. The summed E-state index contributed by atoms with van der Waals surface area (Å²) in [6.45, 7) is 6.20. The first-order valence-corrected chi connectivity index (χ1v) is 6.18. The molecular formula is C14H21NO2. The van der Waals surface area contributed by atoms with E-state index in [-0.39, 0.29) is 5.91 Å². The van der Waals surface area contributed by atoms with Gasteiger partial charge >= 0.3 is 0 Å². The first-order chi connectivity index (χ1) is 8.22. The summed E-state index contributed by atoms with van der Waals surface area (Å²) >= 11 is 0. The molecule has 0 heterocycles. The lowest BCUT2D eigenvalue weighted by Crippen LogP contribution is -2.21. The van der Waals surface area contributed by atoms with E-state index in [4.69, 9.17) is 0 Å². The Morgan fingerprint density at radius 2 is 2.12 bits per heavy atom. The van der Waals surface area contributed by atoms with Crippen LogP contribution in [0.1, 0.15) is 54.6 Å². The zero-order valence-electron chi connectivity index (χ0n) is 11.0. The fourth-order valence-electron chi connectivity index (χ4n) is 2.10. The van der Waals surface area contributed by atoms with Crippen molar-refractivity contribution in [2.45, 2.75) is 39.5 Å². The number of nitrogens with one attached hydrogen (secondary N) is 1. The zero-order chi connectivity index (χ0) is 12.8. The van der Waals surface area contributed by atoms with E-state index in [1.807, 2.05) is 32.0 Å². The lowest BCUT2D eigenvalue weighted by molar-refractivity contribution is 0.0537. The van der Waals surface area contributed by atoms with Crippen LogP contribution in [-0.2, 0) is 11.3 Å². The van der Waals surface area contributed by atoms with E-state index in [0.29, 0.717) is 11.5 Å². The minimum atomic E-state index is -0.181. The average molecular weight is 235 g/mol. The minimum absolute atomic E-state index is 0.181. The normalized spacial score (nSPS) is 16.8. The molecule has 1 aromatic rings. The van der Waals surface area contributed by atoms with Crippen LogP contribution in [0.2, 0.25) is 0 Å². The molecule has 1 aliphatic carbocycles. The maximum atomic E-state index is 11.5. The van der Waals surface area contributed by atoms with E-state index in [9.17, 15) is 4.79 Å². The van der Waals surface area contributed by atoms with E-state index in [1.165, 1.54) is 24.7 Å². The molecule has 94 valence electrons. The number of fused-ring (bicyclic) bond motifs is 1. The van der Waals surface area contributed by atoms with E-state index < -0.39 is 0 Å². The number of hydrogen-bond acceptors (Lipinski definition) is 2. The molecule has 3 nitrogen and oxygen atoms in total. The van der Waals surface area contributed by atoms with Crippen molar-refractivity contribution in [1.82, 2.24) is 5.48 Å². The van der Waals surface area contributed by atoms with Gasteiger partial charge in [-0.25, -0.2) is 5.48 Å². The molecular weight excluding hydrogens is 214 g/mol. The van der Waals surface area contributed by atoms with Gasteiger partial charge in [-0.1, -0.05) is 26.8 Å². The van der Waals surface area contributed by atoms with Gasteiger partial charge in [0.2, 0.25) is 0 Å². The molecule has 0 aliphatic heterocycles. The molecule has 1 unspecified atom stereocenters. The second-order valence-corrected chi connectivity index (χ2v) is 3.99. The third kappa shape index (κ3) is 3.07. The highest BCUT2D eigenvalue weighted by Gasteiger charge is 2.19. The SMILES string of the molecule is CC.CONC(=O)c1ccc2c(c1)C(C)CC2. The third-order valence-corrected chi connectivity index (χ3v) is 2.98. The Hall–Kier alpha value is -1.35. The van der Waals surface area contributed by atoms with Crippen LogP contribution in [0, 0.1) is 0 Å². The molecule has 0 saturated carbocycles. The Balaban J connectivity index is 0.000000686. The van der Waals surface area contributed by atoms with Crippen molar-refractivity contribution in [1.29, 1.82) is 0 Å². The van der Waals surface area contributed by atoms with Gasteiger partial charge in [0, 0.05) is 5.56 Å². The summed E-state index contributed by atoms with van der Waals surface area (Å²) < 4.78 is 0. The van der Waals surface area contributed by atoms with E-state index in [0.717, 1.165) is 6.42 Å². The van der Waals surface area contributed by atoms with Crippen molar-refractivity contribution in [2.75, 3.05) is 7.11 Å². The molecule has 0 spiro atoms. The summed E-state index contributed by atoms with van der Waals surface area (Å²) in [5.41, 5.74) is 5.68. The van der Waals surface area contributed by atoms with Gasteiger partial charge < -0.3 is 0 Å². The molecule has 3 heteroatoms. The second kappa shape index (κ2) is 6.40. The number of benzene rings is 1. The molecule has 0 fully saturated rings. The first-order valence-electron chi connectivity index (χ1n) is 6.18. The highest BCUT2D eigenvalue weighted by atomic mass is 16.6. The Morgan fingerprint density at radius 1 is 1.41 bits per heavy atom. The molecule has 1 aliphatic rings. The number of carbonyl (C=O) groups excluding carboxylic acids is 1. The Morgan fingerprint density at radius 3 is 2.76 bits per heavy atom. The van der Waals surface area contributed by atoms with Crippen molar-refractivity contribution in [3.05, 3.63) is 34.9 Å². The van der Waals surface area contributed by atoms with E-state index in [2.05, 4.69) is 17.2 Å². The fraction of sp³-hybridized carbons (Fsp3) is 0.500. The molecule has 1 amide bonds. The molecule has 17 heavy (non-hydrogen) atoms. The first kappa shape index (κ1) is 13.7.